The Hall–Kier alpha value is -4.40. The Bertz CT molecular complexity index is 1740. The van der Waals surface area contributed by atoms with Gasteiger partial charge in [0.15, 0.2) is 6.29 Å². The lowest BCUT2D eigenvalue weighted by atomic mass is 9.99. The molecular weight excluding hydrogens is 615 g/mol. The molecule has 5 rings (SSSR count). The van der Waals surface area contributed by atoms with E-state index in [9.17, 15) is 8.78 Å². The molecule has 0 aliphatic carbocycles. The van der Waals surface area contributed by atoms with Gasteiger partial charge in [-0.1, -0.05) is 44.4 Å². The Kier molecular flexibility index (Phi) is 9.99. The van der Waals surface area contributed by atoms with Crippen LogP contribution in [0.2, 0.25) is 0 Å². The Morgan fingerprint density at radius 3 is 2.00 bits per heavy atom. The van der Waals surface area contributed by atoms with Crippen molar-refractivity contribution < 1.29 is 44.9 Å². The number of unbranched alkanes of at least 4 members (excludes halogenated alkanes) is 2. The number of hydrogen-bond donors (Lipinski definition) is 0. The lowest BCUT2D eigenvalue weighted by Crippen LogP contribution is -2.27. The van der Waals surface area contributed by atoms with Crippen molar-refractivity contribution in [3.05, 3.63) is 113 Å². The highest BCUT2D eigenvalue weighted by atomic mass is 19.3. The fourth-order valence-corrected chi connectivity index (χ4v) is 5.27. The summed E-state index contributed by atoms with van der Waals surface area (Å²) in [6.45, 7) is 3.00. The van der Waals surface area contributed by atoms with Crippen molar-refractivity contribution in [2.45, 2.75) is 45.0 Å². The van der Waals surface area contributed by atoms with Crippen molar-refractivity contribution in [3.63, 3.8) is 0 Å². The van der Waals surface area contributed by atoms with Gasteiger partial charge in [0.2, 0.25) is 0 Å². The molecule has 1 aliphatic heterocycles. The Morgan fingerprint density at radius 1 is 0.761 bits per heavy atom. The molecule has 0 unspecified atom stereocenters. The molecule has 0 saturated carbocycles. The molecule has 0 atom stereocenters. The van der Waals surface area contributed by atoms with Crippen molar-refractivity contribution in [2.75, 3.05) is 13.2 Å². The third kappa shape index (κ3) is 7.19. The van der Waals surface area contributed by atoms with Gasteiger partial charge in [0.1, 0.15) is 46.5 Å². The van der Waals surface area contributed by atoms with Crippen LogP contribution in [-0.2, 0) is 15.6 Å². The van der Waals surface area contributed by atoms with Crippen LogP contribution in [-0.4, -0.2) is 13.2 Å². The Balaban J connectivity index is 1.31. The second kappa shape index (κ2) is 13.9. The van der Waals surface area contributed by atoms with E-state index in [0.29, 0.717) is 37.0 Å². The van der Waals surface area contributed by atoms with Gasteiger partial charge in [-0.05, 0) is 60.0 Å². The molecule has 0 aromatic heterocycles. The van der Waals surface area contributed by atoms with Crippen molar-refractivity contribution >= 4 is 0 Å². The van der Waals surface area contributed by atoms with E-state index in [1.54, 1.807) is 6.07 Å². The number of benzene rings is 4. The van der Waals surface area contributed by atoms with E-state index in [2.05, 4.69) is 11.7 Å². The third-order valence-electron chi connectivity index (χ3n) is 7.68. The fraction of sp³-hybridized carbons (Fsp3) is 0.286. The lowest BCUT2D eigenvalue weighted by molar-refractivity contribution is -0.206. The van der Waals surface area contributed by atoms with Crippen molar-refractivity contribution in [2.24, 2.45) is 5.92 Å². The van der Waals surface area contributed by atoms with Crippen molar-refractivity contribution in [3.8, 4) is 34.1 Å². The van der Waals surface area contributed by atoms with Gasteiger partial charge in [-0.2, -0.15) is 14.0 Å². The molecule has 1 fully saturated rings. The summed E-state index contributed by atoms with van der Waals surface area (Å²) < 4.78 is 120. The van der Waals surface area contributed by atoms with Crippen molar-refractivity contribution in [1.82, 2.24) is 0 Å². The molecule has 1 aliphatic rings. The highest BCUT2D eigenvalue weighted by molar-refractivity contribution is 5.67. The van der Waals surface area contributed by atoms with E-state index in [-0.39, 0.29) is 33.7 Å². The second-order valence-electron chi connectivity index (χ2n) is 11.0. The molecule has 240 valence electrons. The van der Waals surface area contributed by atoms with Crippen LogP contribution >= 0.6 is 0 Å². The molecule has 4 nitrogen and oxygen atoms in total. The zero-order valence-corrected chi connectivity index (χ0v) is 24.6. The summed E-state index contributed by atoms with van der Waals surface area (Å²) in [4.78, 5) is 0. The average molecular weight is 644 g/mol. The monoisotopic (exact) mass is 643 g/mol. The quantitative estimate of drug-likeness (QED) is 0.128. The first-order chi connectivity index (χ1) is 22.0. The van der Waals surface area contributed by atoms with Crippen LogP contribution in [0.25, 0.3) is 22.3 Å². The fourth-order valence-electron chi connectivity index (χ4n) is 5.27. The van der Waals surface area contributed by atoms with Crippen LogP contribution in [0.1, 0.15) is 55.6 Å². The maximum Gasteiger partial charge on any atom is 0.432 e. The van der Waals surface area contributed by atoms with Gasteiger partial charge in [-0.25, -0.2) is 22.0 Å². The number of hydrogen-bond acceptors (Lipinski definition) is 4. The summed E-state index contributed by atoms with van der Waals surface area (Å²) >= 11 is 0. The number of alkyl halides is 2. The maximum absolute atomic E-state index is 15.1. The molecule has 0 bridgehead atoms. The minimum Gasteiger partial charge on any atom is -0.429 e. The largest absolute Gasteiger partial charge is 0.432 e. The predicted molar refractivity (Wildman–Crippen MR) is 155 cm³/mol. The van der Waals surface area contributed by atoms with Gasteiger partial charge < -0.3 is 14.2 Å². The first-order valence-corrected chi connectivity index (χ1v) is 14.6. The van der Waals surface area contributed by atoms with E-state index < -0.39 is 52.8 Å². The summed E-state index contributed by atoms with van der Waals surface area (Å²) in [7, 11) is 0. The minimum absolute atomic E-state index is 0.0190. The number of nitrogens with zero attached hydrogens (tertiary/aromatic N) is 1. The highest BCUT2D eigenvalue weighted by Crippen LogP contribution is 2.39. The van der Waals surface area contributed by atoms with Crippen LogP contribution in [0.4, 0.5) is 30.7 Å². The van der Waals surface area contributed by atoms with E-state index in [4.69, 9.17) is 14.7 Å². The molecule has 11 heteroatoms. The SMILES string of the molecule is CCCCCC1COC(c2ccc(-c3cc(F)c(C(F)(F)Oc4ccc(-c5ccc(C#N)c(F)c5)c(F)c4)c(F)c3)c(F)c2)OC1. The highest BCUT2D eigenvalue weighted by Gasteiger charge is 2.41. The summed E-state index contributed by atoms with van der Waals surface area (Å²) in [5.41, 5.74) is -2.44. The zero-order valence-electron chi connectivity index (χ0n) is 24.6. The van der Waals surface area contributed by atoms with Crippen LogP contribution in [0.15, 0.2) is 66.7 Å². The normalized spacial score (nSPS) is 16.7. The van der Waals surface area contributed by atoms with Gasteiger partial charge in [-0.3, -0.25) is 0 Å². The molecule has 0 amide bonds. The molecule has 1 heterocycles. The van der Waals surface area contributed by atoms with Gasteiger partial charge in [0.25, 0.3) is 0 Å². The van der Waals surface area contributed by atoms with Gasteiger partial charge >= 0.3 is 6.11 Å². The van der Waals surface area contributed by atoms with E-state index in [0.717, 1.165) is 56.0 Å². The first-order valence-electron chi connectivity index (χ1n) is 14.6. The zero-order chi connectivity index (χ0) is 33.0. The Labute approximate surface area is 261 Å². The standard InChI is InChI=1S/C35H28F7NO3/c1-2-3-4-5-20-18-44-34(45-19-20)22-8-10-27(29(37)13-22)24-14-31(39)33(32(40)15-24)35(41,42)46-25-9-11-26(30(38)16-25)21-6-7-23(17-43)28(36)12-21/h6-16,20,34H,2-5,18-19H2,1H3. The lowest BCUT2D eigenvalue weighted by Gasteiger charge is -2.29. The molecule has 0 N–H and O–H groups in total. The van der Waals surface area contributed by atoms with Crippen LogP contribution in [0.5, 0.6) is 5.75 Å². The summed E-state index contributed by atoms with van der Waals surface area (Å²) in [5, 5.41) is 8.85. The summed E-state index contributed by atoms with van der Waals surface area (Å²) in [6, 6.07) is 12.3. The number of halogens is 7. The number of ether oxygens (including phenoxy) is 3. The van der Waals surface area contributed by atoms with Gasteiger partial charge in [-0.15, -0.1) is 0 Å². The minimum atomic E-state index is -4.60. The number of rotatable bonds is 10. The predicted octanol–water partition coefficient (Wildman–Crippen LogP) is 9.96. The topological polar surface area (TPSA) is 51.5 Å². The molecule has 0 radical (unpaired) electrons. The second-order valence-corrected chi connectivity index (χ2v) is 11.0. The Morgan fingerprint density at radius 2 is 1.39 bits per heavy atom. The van der Waals surface area contributed by atoms with Crippen LogP contribution in [0, 0.1) is 46.3 Å². The van der Waals surface area contributed by atoms with Crippen LogP contribution in [0.3, 0.4) is 0 Å². The first kappa shape index (κ1) is 33.0. The molecule has 0 spiro atoms. The third-order valence-corrected chi connectivity index (χ3v) is 7.68. The molecule has 4 aromatic rings. The van der Waals surface area contributed by atoms with Crippen LogP contribution < -0.4 is 4.74 Å². The molecular formula is C35H28F7NO3. The van der Waals surface area contributed by atoms with E-state index in [1.165, 1.54) is 18.2 Å². The van der Waals surface area contributed by atoms with Gasteiger partial charge in [0.05, 0.1) is 18.8 Å². The summed E-state index contributed by atoms with van der Waals surface area (Å²) in [5.74, 6) is -6.86. The average Bonchev–Trinajstić information content (AvgIpc) is 3.01. The van der Waals surface area contributed by atoms with Crippen molar-refractivity contribution in [1.29, 1.82) is 5.26 Å². The van der Waals surface area contributed by atoms with Gasteiger partial charge in [0, 0.05) is 28.7 Å². The smallest absolute Gasteiger partial charge is 0.429 e. The molecule has 1 saturated heterocycles. The molecule has 4 aromatic carbocycles. The van der Waals surface area contributed by atoms with E-state index in [1.807, 2.05) is 0 Å². The number of nitriles is 1. The van der Waals surface area contributed by atoms with E-state index >= 15 is 22.0 Å². The maximum atomic E-state index is 15.1. The molecule has 46 heavy (non-hydrogen) atoms. The summed E-state index contributed by atoms with van der Waals surface area (Å²) in [6.07, 6.45) is -1.20.